The van der Waals surface area contributed by atoms with Crippen molar-refractivity contribution in [1.82, 2.24) is 49.7 Å². The van der Waals surface area contributed by atoms with Gasteiger partial charge < -0.3 is 24.8 Å². The molecule has 11 rings (SSSR count). The van der Waals surface area contributed by atoms with Crippen molar-refractivity contribution in [2.24, 2.45) is 11.3 Å². The van der Waals surface area contributed by atoms with Gasteiger partial charge in [-0.25, -0.2) is 9.50 Å². The van der Waals surface area contributed by atoms with Crippen LogP contribution >= 0.6 is 0 Å². The maximum atomic E-state index is 13.5. The van der Waals surface area contributed by atoms with E-state index in [0.29, 0.717) is 52.7 Å². The zero-order valence-corrected chi connectivity index (χ0v) is 34.7. The quantitative estimate of drug-likeness (QED) is 0.211. The van der Waals surface area contributed by atoms with Crippen molar-refractivity contribution in [1.29, 1.82) is 0 Å². The normalized spacial score (nSPS) is 24.3. The first-order valence-corrected chi connectivity index (χ1v) is 22.2. The number of aromatic nitrogens is 5. The molecule has 1 spiro atoms. The maximum Gasteiger partial charge on any atom is 0.262 e. The number of amides is 5. The van der Waals surface area contributed by atoms with Gasteiger partial charge in [0.1, 0.15) is 17.7 Å². The van der Waals surface area contributed by atoms with Gasteiger partial charge >= 0.3 is 0 Å². The van der Waals surface area contributed by atoms with Crippen LogP contribution in [0.1, 0.15) is 99.7 Å². The molecule has 1 aromatic carbocycles. The molecule has 0 radical (unpaired) electrons. The zero-order chi connectivity index (χ0) is 42.1. The highest BCUT2D eigenvalue weighted by Crippen LogP contribution is 2.42. The van der Waals surface area contributed by atoms with Crippen LogP contribution < -0.4 is 15.5 Å². The fraction of sp³-hybridized carbons (Fsp3) is 0.511. The minimum atomic E-state index is -0.962. The molecular weight excluding hydrogens is 791 g/mol. The second kappa shape index (κ2) is 15.5. The van der Waals surface area contributed by atoms with Gasteiger partial charge in [0, 0.05) is 101 Å². The molecule has 2 aliphatic carbocycles. The van der Waals surface area contributed by atoms with E-state index in [1.54, 1.807) is 41.3 Å². The lowest BCUT2D eigenvalue weighted by Gasteiger charge is -2.55. The molecule has 5 aliphatic heterocycles. The van der Waals surface area contributed by atoms with Crippen molar-refractivity contribution in [3.05, 3.63) is 82.7 Å². The third kappa shape index (κ3) is 7.28. The predicted octanol–water partition coefficient (Wildman–Crippen LogP) is 2.69. The summed E-state index contributed by atoms with van der Waals surface area (Å²) in [7, 11) is 0. The smallest absolute Gasteiger partial charge is 0.262 e. The molecule has 17 nitrogen and oxygen atoms in total. The molecule has 0 bridgehead atoms. The summed E-state index contributed by atoms with van der Waals surface area (Å²) in [5, 5.41) is 14.8. The molecule has 62 heavy (non-hydrogen) atoms. The molecule has 3 aromatic heterocycles. The zero-order valence-electron chi connectivity index (χ0n) is 34.7. The van der Waals surface area contributed by atoms with Crippen LogP contribution in [-0.2, 0) is 20.7 Å². The number of likely N-dealkylation sites (tertiary alicyclic amines) is 2. The van der Waals surface area contributed by atoms with Crippen LogP contribution in [0.3, 0.4) is 0 Å². The van der Waals surface area contributed by atoms with Gasteiger partial charge in [-0.3, -0.25) is 38.9 Å². The SMILES string of the molecule is O=C1CCC(N2C(=O)c3ccc(N4CCC5(CC4)CN(CCN4CCC(n6cc7c(n6)CC(OCC6CC6)C(NC(=O)c6cnn8cccnc68)=C7)CC4)C5)cc3C2=O)C(=O)N1. The van der Waals surface area contributed by atoms with Crippen molar-refractivity contribution < 1.29 is 28.7 Å². The van der Waals surface area contributed by atoms with Gasteiger partial charge in [-0.15, -0.1) is 0 Å². The Bertz CT molecular complexity index is 2500. The molecule has 2 N–H and O–H groups in total. The Morgan fingerprint density at radius 1 is 0.935 bits per heavy atom. The number of rotatable bonds is 11. The highest BCUT2D eigenvalue weighted by molar-refractivity contribution is 6.23. The molecule has 4 aromatic rings. The van der Waals surface area contributed by atoms with Crippen LogP contribution in [0.4, 0.5) is 5.69 Å². The molecule has 5 fully saturated rings. The Morgan fingerprint density at radius 3 is 2.52 bits per heavy atom. The summed E-state index contributed by atoms with van der Waals surface area (Å²) in [6.07, 6.45) is 16.4. The first kappa shape index (κ1) is 39.1. The number of ether oxygens (including phenoxy) is 1. The van der Waals surface area contributed by atoms with Crippen LogP contribution in [0.5, 0.6) is 0 Å². The van der Waals surface area contributed by atoms with Gasteiger partial charge in [-0.05, 0) is 86.6 Å². The van der Waals surface area contributed by atoms with Gasteiger partial charge in [-0.2, -0.15) is 10.2 Å². The Morgan fingerprint density at radius 2 is 1.73 bits per heavy atom. The number of imide groups is 2. The summed E-state index contributed by atoms with van der Waals surface area (Å²) in [4.78, 5) is 77.0. The van der Waals surface area contributed by atoms with Gasteiger partial charge in [-0.1, -0.05) is 0 Å². The lowest BCUT2D eigenvalue weighted by Crippen LogP contribution is -2.61. The molecular formula is C45H51N11O6. The third-order valence-electron chi connectivity index (χ3n) is 14.3. The van der Waals surface area contributed by atoms with Gasteiger partial charge in [0.2, 0.25) is 11.8 Å². The Kier molecular flexibility index (Phi) is 9.80. The number of anilines is 1. The van der Waals surface area contributed by atoms with Gasteiger partial charge in [0.25, 0.3) is 17.7 Å². The summed E-state index contributed by atoms with van der Waals surface area (Å²) in [6, 6.07) is 6.56. The Hall–Kier alpha value is -5.78. The summed E-state index contributed by atoms with van der Waals surface area (Å²) >= 11 is 0. The highest BCUT2D eigenvalue weighted by Gasteiger charge is 2.47. The monoisotopic (exact) mass is 841 g/mol. The number of piperidine rings is 3. The van der Waals surface area contributed by atoms with E-state index in [4.69, 9.17) is 9.84 Å². The van der Waals surface area contributed by atoms with E-state index in [-0.39, 0.29) is 30.8 Å². The van der Waals surface area contributed by atoms with Crippen molar-refractivity contribution in [3.8, 4) is 0 Å². The number of carbonyl (C=O) groups is 5. The van der Waals surface area contributed by atoms with E-state index in [2.05, 4.69) is 46.3 Å². The van der Waals surface area contributed by atoms with E-state index in [0.717, 1.165) is 106 Å². The molecule has 1 saturated carbocycles. The number of hydrogen-bond donors (Lipinski definition) is 2. The van der Waals surface area contributed by atoms with E-state index in [9.17, 15) is 24.0 Å². The lowest BCUT2D eigenvalue weighted by molar-refractivity contribution is -0.136. The molecule has 2 atom stereocenters. The summed E-state index contributed by atoms with van der Waals surface area (Å²) in [6.45, 7) is 8.83. The average molecular weight is 842 g/mol. The van der Waals surface area contributed by atoms with E-state index in [1.165, 1.54) is 12.8 Å². The molecule has 7 aliphatic rings. The summed E-state index contributed by atoms with van der Waals surface area (Å²) in [5.74, 6) is -1.57. The standard InChI is InChI=1S/C45H51N11O6/c57-39-7-6-37(42(59)49-39)56-43(60)32-5-4-31(21-33(32)44(56)61)53-16-10-45(11-17-53)26-52(27-45)19-18-51-14-8-30(9-15-51)55-24-29-20-36(38(22-35(29)50-55)62-25-28-2-3-28)48-41(58)34-23-47-54-13-1-12-46-40(34)54/h1,4-5,12-13,20-21,23-24,28,30,37-38H,2-3,6-11,14-19,22,25-27H2,(H,48,58)(H,49,57,59). The number of benzene rings is 1. The van der Waals surface area contributed by atoms with Crippen LogP contribution in [0.25, 0.3) is 11.7 Å². The number of fused-ring (bicyclic) bond motifs is 3. The van der Waals surface area contributed by atoms with Crippen LogP contribution in [0, 0.1) is 11.3 Å². The predicted molar refractivity (Wildman–Crippen MR) is 225 cm³/mol. The minimum Gasteiger partial charge on any atom is -0.371 e. The fourth-order valence-corrected chi connectivity index (χ4v) is 10.4. The molecule has 322 valence electrons. The number of carbonyl (C=O) groups excluding carboxylic acids is 5. The minimum absolute atomic E-state index is 0.101. The molecule has 2 unspecified atom stereocenters. The van der Waals surface area contributed by atoms with Gasteiger partial charge in [0.05, 0.1) is 35.7 Å². The Labute approximate surface area is 358 Å². The molecule has 8 heterocycles. The average Bonchev–Trinajstić information content (AvgIpc) is 3.76. The number of nitrogens with zero attached hydrogens (tertiary/aromatic N) is 9. The maximum absolute atomic E-state index is 13.5. The van der Waals surface area contributed by atoms with Crippen molar-refractivity contribution >= 4 is 46.9 Å². The second-order valence-corrected chi connectivity index (χ2v) is 18.4. The second-order valence-electron chi connectivity index (χ2n) is 18.4. The number of hydrogen-bond acceptors (Lipinski definition) is 12. The summed E-state index contributed by atoms with van der Waals surface area (Å²) < 4.78 is 10.1. The van der Waals surface area contributed by atoms with Crippen molar-refractivity contribution in [2.45, 2.75) is 76.0 Å². The van der Waals surface area contributed by atoms with E-state index >= 15 is 0 Å². The highest BCUT2D eigenvalue weighted by atomic mass is 16.5. The molecule has 4 saturated heterocycles. The van der Waals surface area contributed by atoms with Crippen molar-refractivity contribution in [3.63, 3.8) is 0 Å². The Balaban J connectivity index is 0.649. The van der Waals surface area contributed by atoms with Crippen LogP contribution in [-0.4, -0.2) is 140 Å². The lowest BCUT2D eigenvalue weighted by atomic mass is 9.72. The van der Waals surface area contributed by atoms with Crippen LogP contribution in [0.2, 0.25) is 0 Å². The first-order valence-electron chi connectivity index (χ1n) is 22.2. The largest absolute Gasteiger partial charge is 0.371 e. The summed E-state index contributed by atoms with van der Waals surface area (Å²) in [5.41, 5.74) is 5.62. The first-order chi connectivity index (χ1) is 30.2. The van der Waals surface area contributed by atoms with Crippen molar-refractivity contribution in [2.75, 3.05) is 63.9 Å². The van der Waals surface area contributed by atoms with Gasteiger partial charge in [0.15, 0.2) is 5.65 Å². The third-order valence-corrected chi connectivity index (χ3v) is 14.3. The molecule has 5 amide bonds. The fourth-order valence-electron chi connectivity index (χ4n) is 10.4. The topological polar surface area (TPSA) is 180 Å². The van der Waals surface area contributed by atoms with E-state index in [1.807, 2.05) is 12.1 Å². The van der Waals surface area contributed by atoms with Crippen LogP contribution in [0.15, 0.2) is 54.7 Å². The molecule has 17 heteroatoms. The van der Waals surface area contributed by atoms with E-state index < -0.39 is 23.8 Å². The number of nitrogens with one attached hydrogen (secondary N) is 2.